The fraction of sp³-hybridized carbons (Fsp3) is 0.440. The van der Waals surface area contributed by atoms with Gasteiger partial charge in [-0.15, -0.1) is 5.06 Å². The van der Waals surface area contributed by atoms with E-state index in [1.807, 2.05) is 36.4 Å². The molecule has 2 aromatic carbocycles. The molecule has 2 heterocycles. The Morgan fingerprint density at radius 3 is 2.76 bits per heavy atom. The number of hydrogen-bond acceptors (Lipinski definition) is 8. The molecule has 0 aliphatic carbocycles. The van der Waals surface area contributed by atoms with Crippen molar-refractivity contribution in [1.82, 2.24) is 5.06 Å². The zero-order chi connectivity index (χ0) is 23.4. The van der Waals surface area contributed by atoms with Gasteiger partial charge in [-0.25, -0.2) is 4.79 Å². The van der Waals surface area contributed by atoms with Crippen LogP contribution in [0.15, 0.2) is 42.5 Å². The highest BCUT2D eigenvalue weighted by Crippen LogP contribution is 2.38. The van der Waals surface area contributed by atoms with Crippen LogP contribution in [0.25, 0.3) is 0 Å². The number of hydroxylamine groups is 2. The molecule has 174 valence electrons. The van der Waals surface area contributed by atoms with Crippen molar-refractivity contribution in [3.63, 3.8) is 0 Å². The largest absolute Gasteiger partial charge is 0.528 e. The first-order valence-electron chi connectivity index (χ1n) is 11.0. The van der Waals surface area contributed by atoms with E-state index in [-0.39, 0.29) is 25.4 Å². The zero-order valence-corrected chi connectivity index (χ0v) is 19.1. The summed E-state index contributed by atoms with van der Waals surface area (Å²) in [7, 11) is 0. The topological polar surface area (TPSA) is 90.2 Å². The van der Waals surface area contributed by atoms with Crippen molar-refractivity contribution in [3.05, 3.63) is 59.2 Å². The molecule has 0 saturated carbocycles. The van der Waals surface area contributed by atoms with E-state index in [0.29, 0.717) is 30.8 Å². The van der Waals surface area contributed by atoms with Crippen LogP contribution in [0, 0.1) is 11.3 Å². The van der Waals surface area contributed by atoms with Crippen LogP contribution in [0.4, 0.5) is 4.79 Å². The van der Waals surface area contributed by atoms with Crippen LogP contribution in [-0.4, -0.2) is 42.8 Å². The number of ether oxygens (including phenoxy) is 4. The Balaban J connectivity index is 1.50. The van der Waals surface area contributed by atoms with Gasteiger partial charge in [-0.3, -0.25) is 0 Å². The van der Waals surface area contributed by atoms with E-state index in [1.54, 1.807) is 31.9 Å². The van der Waals surface area contributed by atoms with Gasteiger partial charge in [0, 0.05) is 12.5 Å². The van der Waals surface area contributed by atoms with Crippen LogP contribution < -0.4 is 9.47 Å². The van der Waals surface area contributed by atoms with Gasteiger partial charge in [0.2, 0.25) is 6.79 Å². The Bertz CT molecular complexity index is 1040. The summed E-state index contributed by atoms with van der Waals surface area (Å²) in [6, 6.07) is 15.5. The molecule has 8 nitrogen and oxygen atoms in total. The Hall–Kier alpha value is -3.28. The second-order valence-electron chi connectivity index (χ2n) is 9.07. The number of nitriles is 1. The van der Waals surface area contributed by atoms with Crippen LogP contribution in [0.5, 0.6) is 11.5 Å². The minimum Gasteiger partial charge on any atom is -0.454 e. The molecule has 2 aliphatic heterocycles. The van der Waals surface area contributed by atoms with Crippen LogP contribution in [-0.2, 0) is 20.9 Å². The highest BCUT2D eigenvalue weighted by atomic mass is 16.8. The number of rotatable bonds is 5. The maximum atomic E-state index is 12.2. The van der Waals surface area contributed by atoms with E-state index in [0.717, 1.165) is 16.9 Å². The summed E-state index contributed by atoms with van der Waals surface area (Å²) in [5, 5.41) is 11.0. The maximum absolute atomic E-state index is 12.2. The van der Waals surface area contributed by atoms with Gasteiger partial charge < -0.3 is 23.8 Å². The van der Waals surface area contributed by atoms with Gasteiger partial charge >= 0.3 is 6.16 Å². The number of piperidine rings is 1. The average molecular weight is 453 g/mol. The van der Waals surface area contributed by atoms with Gasteiger partial charge in [-0.2, -0.15) is 5.26 Å². The Morgan fingerprint density at radius 2 is 1.97 bits per heavy atom. The quantitative estimate of drug-likeness (QED) is 0.612. The molecular formula is C25H28N2O6. The monoisotopic (exact) mass is 452 g/mol. The first-order chi connectivity index (χ1) is 15.8. The molecule has 0 amide bonds. The lowest BCUT2D eigenvalue weighted by atomic mass is 9.87. The molecule has 0 spiro atoms. The normalized spacial score (nSPS) is 20.2. The third-order valence-electron chi connectivity index (χ3n) is 5.53. The molecular weight excluding hydrogens is 424 g/mol. The van der Waals surface area contributed by atoms with Gasteiger partial charge in [0.15, 0.2) is 11.5 Å². The van der Waals surface area contributed by atoms with Crippen molar-refractivity contribution in [3.8, 4) is 17.6 Å². The summed E-state index contributed by atoms with van der Waals surface area (Å²) < 4.78 is 22.6. The molecule has 33 heavy (non-hydrogen) atoms. The molecule has 2 atom stereocenters. The van der Waals surface area contributed by atoms with E-state index in [4.69, 9.17) is 23.8 Å². The maximum Gasteiger partial charge on any atom is 0.528 e. The van der Waals surface area contributed by atoms with Gasteiger partial charge in [-0.1, -0.05) is 24.3 Å². The fourth-order valence-corrected chi connectivity index (χ4v) is 3.99. The zero-order valence-electron chi connectivity index (χ0n) is 19.1. The first-order valence-corrected chi connectivity index (χ1v) is 11.0. The van der Waals surface area contributed by atoms with Gasteiger partial charge in [0.25, 0.3) is 0 Å². The summed E-state index contributed by atoms with van der Waals surface area (Å²) in [6.07, 6.45) is -0.321. The summed E-state index contributed by atoms with van der Waals surface area (Å²) in [5.41, 5.74) is 1.82. The van der Waals surface area contributed by atoms with Crippen molar-refractivity contribution in [1.29, 1.82) is 5.26 Å². The number of carbonyl (C=O) groups excluding carboxylic acids is 1. The SMILES string of the molecule is CC(C)(C)OC(=O)ON1CCC(c2ccc3c(c2)OCO3)C(OCc2ccccc2C#N)C1. The lowest BCUT2D eigenvalue weighted by Crippen LogP contribution is -2.45. The molecule has 1 fully saturated rings. The standard InChI is InChI=1S/C25H28N2O6/c1-25(2,3)32-24(28)33-27-11-10-20(17-8-9-21-22(12-17)31-16-30-21)23(14-27)29-15-19-7-5-4-6-18(19)13-26/h4-9,12,20,23H,10-11,14-16H2,1-3H3. The number of carbonyl (C=O) groups is 1. The third-order valence-corrected chi connectivity index (χ3v) is 5.53. The summed E-state index contributed by atoms with van der Waals surface area (Å²) in [4.78, 5) is 17.6. The van der Waals surface area contributed by atoms with Crippen molar-refractivity contribution >= 4 is 6.16 Å². The predicted molar refractivity (Wildman–Crippen MR) is 119 cm³/mol. The van der Waals surface area contributed by atoms with Gasteiger partial charge in [-0.05, 0) is 56.5 Å². The smallest absolute Gasteiger partial charge is 0.454 e. The fourth-order valence-electron chi connectivity index (χ4n) is 3.99. The van der Waals surface area contributed by atoms with E-state index in [2.05, 4.69) is 6.07 Å². The van der Waals surface area contributed by atoms with E-state index < -0.39 is 11.8 Å². The number of nitrogens with zero attached hydrogens (tertiary/aromatic N) is 2. The van der Waals surface area contributed by atoms with Gasteiger partial charge in [0.05, 0.1) is 30.9 Å². The summed E-state index contributed by atoms with van der Waals surface area (Å²) in [6.45, 7) is 6.76. The first kappa shape index (κ1) is 22.9. The average Bonchev–Trinajstić information content (AvgIpc) is 3.24. The van der Waals surface area contributed by atoms with Crippen LogP contribution in [0.3, 0.4) is 0 Å². The second-order valence-corrected chi connectivity index (χ2v) is 9.07. The highest BCUT2D eigenvalue weighted by molar-refractivity contribution is 5.60. The molecule has 0 aromatic heterocycles. The van der Waals surface area contributed by atoms with Crippen molar-refractivity contribution < 1.29 is 28.6 Å². The molecule has 0 radical (unpaired) electrons. The minimum atomic E-state index is -0.738. The van der Waals surface area contributed by atoms with Crippen molar-refractivity contribution in [2.75, 3.05) is 19.9 Å². The molecule has 1 saturated heterocycles. The molecule has 8 heteroatoms. The van der Waals surface area contributed by atoms with Crippen LogP contribution >= 0.6 is 0 Å². The van der Waals surface area contributed by atoms with E-state index in [1.165, 1.54) is 0 Å². The molecule has 2 unspecified atom stereocenters. The Morgan fingerprint density at radius 1 is 1.18 bits per heavy atom. The third kappa shape index (κ3) is 5.75. The number of benzene rings is 2. The molecule has 2 aromatic rings. The molecule has 4 rings (SSSR count). The van der Waals surface area contributed by atoms with Gasteiger partial charge in [0.1, 0.15) is 5.60 Å². The number of fused-ring (bicyclic) bond motifs is 1. The number of hydrogen-bond donors (Lipinski definition) is 0. The van der Waals surface area contributed by atoms with Crippen molar-refractivity contribution in [2.24, 2.45) is 0 Å². The Labute approximate surface area is 193 Å². The summed E-state index contributed by atoms with van der Waals surface area (Å²) >= 11 is 0. The predicted octanol–water partition coefficient (Wildman–Crippen LogP) is 4.53. The summed E-state index contributed by atoms with van der Waals surface area (Å²) in [5.74, 6) is 1.49. The lowest BCUT2D eigenvalue weighted by molar-refractivity contribution is -0.179. The van der Waals surface area contributed by atoms with E-state index >= 15 is 0 Å². The van der Waals surface area contributed by atoms with Crippen molar-refractivity contribution in [2.45, 2.75) is 51.4 Å². The molecule has 2 aliphatic rings. The second kappa shape index (κ2) is 9.69. The Kier molecular flexibility index (Phi) is 6.72. The minimum absolute atomic E-state index is 0.0484. The highest BCUT2D eigenvalue weighted by Gasteiger charge is 2.35. The van der Waals surface area contributed by atoms with Crippen LogP contribution in [0.1, 0.15) is 49.8 Å². The van der Waals surface area contributed by atoms with E-state index in [9.17, 15) is 10.1 Å². The molecule has 0 bridgehead atoms. The molecule has 0 N–H and O–H groups in total. The van der Waals surface area contributed by atoms with Crippen LogP contribution in [0.2, 0.25) is 0 Å². The lowest BCUT2D eigenvalue weighted by Gasteiger charge is -2.37.